The van der Waals surface area contributed by atoms with Gasteiger partial charge in [-0.25, -0.2) is 4.79 Å². The Morgan fingerprint density at radius 2 is 1.91 bits per heavy atom. The molecular formula is C16H14N4O2S. The fourth-order valence-corrected chi connectivity index (χ4v) is 2.51. The van der Waals surface area contributed by atoms with E-state index in [1.807, 2.05) is 54.6 Å². The number of hydrogen-bond acceptors (Lipinski definition) is 6. The van der Waals surface area contributed by atoms with E-state index < -0.39 is 5.69 Å². The fourth-order valence-electron chi connectivity index (χ4n) is 1.85. The lowest BCUT2D eigenvalue weighted by atomic mass is 10.2. The molecule has 2 aromatic carbocycles. The third kappa shape index (κ3) is 3.83. The van der Waals surface area contributed by atoms with Crippen LogP contribution < -0.4 is 15.7 Å². The average Bonchev–Trinajstić information content (AvgIpc) is 2.94. The summed E-state index contributed by atoms with van der Waals surface area (Å²) in [4.78, 5) is 15.8. The summed E-state index contributed by atoms with van der Waals surface area (Å²) >= 11 is 1.14. The van der Waals surface area contributed by atoms with Crippen molar-refractivity contribution in [2.45, 2.75) is 0 Å². The first-order valence-corrected chi connectivity index (χ1v) is 7.63. The first-order valence-electron chi connectivity index (χ1n) is 6.85. The Kier molecular flexibility index (Phi) is 4.49. The first-order chi connectivity index (χ1) is 11.2. The topological polar surface area (TPSA) is 68.5 Å². The molecule has 0 saturated carbocycles. The van der Waals surface area contributed by atoms with Crippen LogP contribution in [0.15, 0.2) is 64.5 Å². The van der Waals surface area contributed by atoms with Gasteiger partial charge in [-0.3, -0.25) is 0 Å². The van der Waals surface area contributed by atoms with Crippen LogP contribution in [0.1, 0.15) is 5.56 Å². The molecule has 0 saturated heterocycles. The highest BCUT2D eigenvalue weighted by atomic mass is 32.1. The minimum absolute atomic E-state index is 0.418. The van der Waals surface area contributed by atoms with E-state index in [0.717, 1.165) is 28.5 Å². The van der Waals surface area contributed by atoms with E-state index in [9.17, 15) is 4.79 Å². The second-order valence-electron chi connectivity index (χ2n) is 4.57. The quantitative estimate of drug-likeness (QED) is 0.732. The molecule has 6 nitrogen and oxygen atoms in total. The molecule has 0 unspecified atom stereocenters. The second kappa shape index (κ2) is 6.89. The van der Waals surface area contributed by atoms with E-state index in [0.29, 0.717) is 5.13 Å². The summed E-state index contributed by atoms with van der Waals surface area (Å²) in [5.74, 6) is 0.765. The summed E-state index contributed by atoms with van der Waals surface area (Å²) in [7, 11) is 1.61. The SMILES string of the molecule is COc1ccc(Nc2nc(=O)n(/N=C/c3ccccc3)s2)cc1. The molecule has 0 bridgehead atoms. The molecule has 1 N–H and O–H groups in total. The van der Waals surface area contributed by atoms with Crippen molar-refractivity contribution in [2.75, 3.05) is 12.4 Å². The molecule has 116 valence electrons. The van der Waals surface area contributed by atoms with Crippen LogP contribution in [0.4, 0.5) is 10.8 Å². The van der Waals surface area contributed by atoms with Gasteiger partial charge in [-0.05, 0) is 29.8 Å². The Labute approximate surface area is 136 Å². The Morgan fingerprint density at radius 1 is 1.17 bits per heavy atom. The van der Waals surface area contributed by atoms with Crippen molar-refractivity contribution >= 4 is 28.6 Å². The van der Waals surface area contributed by atoms with Crippen molar-refractivity contribution in [3.8, 4) is 5.75 Å². The van der Waals surface area contributed by atoms with Crippen LogP contribution in [-0.4, -0.2) is 22.4 Å². The molecule has 0 radical (unpaired) electrons. The number of rotatable bonds is 5. The number of ether oxygens (including phenoxy) is 1. The maximum atomic E-state index is 11.8. The average molecular weight is 326 g/mol. The number of anilines is 2. The number of hydrogen-bond donors (Lipinski definition) is 1. The predicted octanol–water partition coefficient (Wildman–Crippen LogP) is 2.94. The molecule has 3 rings (SSSR count). The van der Waals surface area contributed by atoms with Crippen molar-refractivity contribution in [3.63, 3.8) is 0 Å². The van der Waals surface area contributed by atoms with Gasteiger partial charge in [0.15, 0.2) is 0 Å². The van der Waals surface area contributed by atoms with Gasteiger partial charge in [0.05, 0.1) is 13.3 Å². The standard InChI is InChI=1S/C16H14N4O2S/c1-22-14-9-7-13(8-10-14)18-15-19-16(21)20(23-15)17-11-12-5-3-2-4-6-12/h2-11H,1H3,(H,18,19,21)/b17-11+. The van der Waals surface area contributed by atoms with E-state index in [1.54, 1.807) is 13.3 Å². The van der Waals surface area contributed by atoms with Gasteiger partial charge in [0.2, 0.25) is 5.13 Å². The molecule has 0 aliphatic carbocycles. The summed E-state index contributed by atoms with van der Waals surface area (Å²) in [5.41, 5.74) is 1.31. The van der Waals surface area contributed by atoms with E-state index in [2.05, 4.69) is 15.4 Å². The maximum absolute atomic E-state index is 11.8. The van der Waals surface area contributed by atoms with E-state index in [4.69, 9.17) is 4.74 Å². The van der Waals surface area contributed by atoms with Crippen LogP contribution in [0.5, 0.6) is 5.75 Å². The molecule has 0 fully saturated rings. The number of nitrogens with one attached hydrogen (secondary N) is 1. The van der Waals surface area contributed by atoms with Crippen LogP contribution in [0.2, 0.25) is 0 Å². The van der Waals surface area contributed by atoms with Crippen LogP contribution in [0.25, 0.3) is 0 Å². The molecule has 7 heteroatoms. The Hall–Kier alpha value is -2.93. The Bertz CT molecular complexity index is 854. The third-order valence-corrected chi connectivity index (χ3v) is 3.78. The van der Waals surface area contributed by atoms with Gasteiger partial charge in [-0.1, -0.05) is 30.3 Å². The zero-order chi connectivity index (χ0) is 16.1. The first kappa shape index (κ1) is 15.0. The van der Waals surface area contributed by atoms with E-state index in [1.165, 1.54) is 4.07 Å². The molecule has 3 aromatic rings. The molecule has 23 heavy (non-hydrogen) atoms. The number of aromatic nitrogens is 2. The van der Waals surface area contributed by atoms with Crippen molar-refractivity contribution in [2.24, 2.45) is 5.10 Å². The highest BCUT2D eigenvalue weighted by Gasteiger charge is 2.05. The molecule has 0 aliphatic rings. The van der Waals surface area contributed by atoms with E-state index in [-0.39, 0.29) is 0 Å². The van der Waals surface area contributed by atoms with Gasteiger partial charge in [0.25, 0.3) is 0 Å². The number of nitrogens with zero attached hydrogens (tertiary/aromatic N) is 3. The fraction of sp³-hybridized carbons (Fsp3) is 0.0625. The highest BCUT2D eigenvalue weighted by molar-refractivity contribution is 7.10. The zero-order valence-electron chi connectivity index (χ0n) is 12.3. The summed E-state index contributed by atoms with van der Waals surface area (Å²) in [6, 6.07) is 16.9. The van der Waals surface area contributed by atoms with Gasteiger partial charge >= 0.3 is 5.69 Å². The number of benzene rings is 2. The molecule has 1 aromatic heterocycles. The van der Waals surface area contributed by atoms with Gasteiger partial charge in [-0.15, -0.1) is 4.07 Å². The zero-order valence-corrected chi connectivity index (χ0v) is 13.2. The Balaban J connectivity index is 1.75. The second-order valence-corrected chi connectivity index (χ2v) is 5.49. The van der Waals surface area contributed by atoms with E-state index >= 15 is 0 Å². The lowest BCUT2D eigenvalue weighted by Gasteiger charge is -2.03. The molecule has 0 aliphatic heterocycles. The molecule has 0 amide bonds. The van der Waals surface area contributed by atoms with Crippen molar-refractivity contribution in [1.29, 1.82) is 0 Å². The lowest BCUT2D eigenvalue weighted by Crippen LogP contribution is -2.11. The van der Waals surface area contributed by atoms with Gasteiger partial charge in [0, 0.05) is 17.2 Å². The number of methoxy groups -OCH3 is 1. The molecule has 0 spiro atoms. The van der Waals surface area contributed by atoms with Crippen LogP contribution in [0, 0.1) is 0 Å². The summed E-state index contributed by atoms with van der Waals surface area (Å²) in [6.45, 7) is 0. The largest absolute Gasteiger partial charge is 0.497 e. The van der Waals surface area contributed by atoms with Gasteiger partial charge in [-0.2, -0.15) is 10.1 Å². The summed E-state index contributed by atoms with van der Waals surface area (Å²) in [5, 5.41) is 7.69. The van der Waals surface area contributed by atoms with Gasteiger partial charge in [0.1, 0.15) is 5.75 Å². The molecule has 1 heterocycles. The summed E-state index contributed by atoms with van der Waals surface area (Å²) in [6.07, 6.45) is 1.62. The van der Waals surface area contributed by atoms with Crippen molar-refractivity contribution < 1.29 is 4.74 Å². The van der Waals surface area contributed by atoms with Gasteiger partial charge < -0.3 is 10.1 Å². The van der Waals surface area contributed by atoms with Crippen LogP contribution in [-0.2, 0) is 0 Å². The molecule has 0 atom stereocenters. The van der Waals surface area contributed by atoms with Crippen molar-refractivity contribution in [3.05, 3.63) is 70.6 Å². The Morgan fingerprint density at radius 3 is 2.61 bits per heavy atom. The van der Waals surface area contributed by atoms with Crippen molar-refractivity contribution in [1.82, 2.24) is 9.05 Å². The third-order valence-electron chi connectivity index (χ3n) is 2.99. The maximum Gasteiger partial charge on any atom is 0.380 e. The monoisotopic (exact) mass is 326 g/mol. The highest BCUT2D eigenvalue weighted by Crippen LogP contribution is 2.20. The normalized spacial score (nSPS) is 10.8. The summed E-state index contributed by atoms with van der Waals surface area (Å²) < 4.78 is 6.34. The van der Waals surface area contributed by atoms with Crippen LogP contribution in [0.3, 0.4) is 0 Å². The van der Waals surface area contributed by atoms with Crippen LogP contribution >= 0.6 is 11.5 Å². The minimum atomic E-state index is -0.418. The predicted molar refractivity (Wildman–Crippen MR) is 92.1 cm³/mol. The smallest absolute Gasteiger partial charge is 0.380 e. The lowest BCUT2D eigenvalue weighted by molar-refractivity contribution is 0.415. The minimum Gasteiger partial charge on any atom is -0.497 e. The molecular weight excluding hydrogens is 312 g/mol.